The van der Waals surface area contributed by atoms with Crippen molar-refractivity contribution in [3.63, 3.8) is 0 Å². The Morgan fingerprint density at radius 1 is 1.36 bits per heavy atom. The second-order valence-electron chi connectivity index (χ2n) is 6.46. The Labute approximate surface area is 134 Å². The Bertz CT molecular complexity index is 529. The van der Waals surface area contributed by atoms with Crippen molar-refractivity contribution in [1.82, 2.24) is 5.32 Å². The largest absolute Gasteiger partial charge is 0.398 e. The van der Waals surface area contributed by atoms with E-state index in [0.717, 1.165) is 5.57 Å². The number of hydrogen-bond donors (Lipinski definition) is 2. The second kappa shape index (κ2) is 7.78. The van der Waals surface area contributed by atoms with Crippen molar-refractivity contribution in [2.75, 3.05) is 7.05 Å². The van der Waals surface area contributed by atoms with Gasteiger partial charge >= 0.3 is 0 Å². The summed E-state index contributed by atoms with van der Waals surface area (Å²) in [5.41, 5.74) is 9.46. The minimum absolute atomic E-state index is 0.434. The van der Waals surface area contributed by atoms with Crippen LogP contribution in [0.4, 0.5) is 0 Å². The molecule has 0 aromatic rings. The Kier molecular flexibility index (Phi) is 6.35. The number of amidine groups is 1. The van der Waals surface area contributed by atoms with Gasteiger partial charge in [-0.3, -0.25) is 0 Å². The van der Waals surface area contributed by atoms with Crippen molar-refractivity contribution in [2.24, 2.45) is 27.1 Å². The molecule has 0 heterocycles. The lowest BCUT2D eigenvalue weighted by Gasteiger charge is -2.43. The summed E-state index contributed by atoms with van der Waals surface area (Å²) in [7, 11) is 1.91. The van der Waals surface area contributed by atoms with E-state index in [1.807, 2.05) is 26.2 Å². The molecule has 0 unspecified atom stereocenters. The van der Waals surface area contributed by atoms with Gasteiger partial charge in [-0.2, -0.15) is 0 Å². The van der Waals surface area contributed by atoms with Crippen LogP contribution in [0.3, 0.4) is 0 Å². The smallest absolute Gasteiger partial charge is 0.150 e. The van der Waals surface area contributed by atoms with E-state index in [1.54, 1.807) is 12.3 Å². The molecule has 0 atom stereocenters. The van der Waals surface area contributed by atoms with Gasteiger partial charge in [-0.15, -0.1) is 0 Å². The Hall–Kier alpha value is -2.10. The van der Waals surface area contributed by atoms with E-state index < -0.39 is 0 Å². The molecular formula is C18H28N4. The molecule has 3 N–H and O–H groups in total. The molecule has 4 nitrogen and oxygen atoms in total. The number of nitrogens with one attached hydrogen (secondary N) is 1. The van der Waals surface area contributed by atoms with Crippen molar-refractivity contribution in [1.29, 1.82) is 0 Å². The summed E-state index contributed by atoms with van der Waals surface area (Å²) in [6.45, 7) is 13.6. The third-order valence-electron chi connectivity index (χ3n) is 3.89. The Balaban J connectivity index is 2.90. The highest BCUT2D eigenvalue weighted by atomic mass is 14.9. The third-order valence-corrected chi connectivity index (χ3v) is 3.89. The summed E-state index contributed by atoms with van der Waals surface area (Å²) in [6.07, 6.45) is 9.69. The molecule has 120 valence electrons. The molecule has 1 rings (SSSR count). The van der Waals surface area contributed by atoms with Crippen LogP contribution in [0, 0.1) is 11.3 Å². The van der Waals surface area contributed by atoms with Crippen molar-refractivity contribution in [3.05, 3.63) is 48.0 Å². The van der Waals surface area contributed by atoms with Crippen LogP contribution in [0.15, 0.2) is 58.0 Å². The molecule has 1 fully saturated rings. The van der Waals surface area contributed by atoms with Gasteiger partial charge in [0.05, 0.1) is 0 Å². The third kappa shape index (κ3) is 5.02. The molecule has 0 amide bonds. The van der Waals surface area contributed by atoms with Crippen LogP contribution in [-0.4, -0.2) is 19.6 Å². The van der Waals surface area contributed by atoms with E-state index in [2.05, 4.69) is 42.4 Å². The lowest BCUT2D eigenvalue weighted by molar-refractivity contribution is 0.125. The molecule has 1 aliphatic carbocycles. The van der Waals surface area contributed by atoms with E-state index in [1.165, 1.54) is 18.4 Å². The summed E-state index contributed by atoms with van der Waals surface area (Å²) in [4.78, 5) is 7.94. The van der Waals surface area contributed by atoms with Gasteiger partial charge in [0.25, 0.3) is 0 Å². The number of rotatable bonds is 6. The van der Waals surface area contributed by atoms with Crippen LogP contribution < -0.4 is 11.1 Å². The van der Waals surface area contributed by atoms with Crippen LogP contribution in [0.1, 0.15) is 33.6 Å². The average molecular weight is 300 g/mol. The summed E-state index contributed by atoms with van der Waals surface area (Å²) in [5, 5.41) is 3.11. The Morgan fingerprint density at radius 3 is 2.45 bits per heavy atom. The molecule has 0 aliphatic heterocycles. The fourth-order valence-electron chi connectivity index (χ4n) is 2.64. The minimum Gasteiger partial charge on any atom is -0.398 e. The van der Waals surface area contributed by atoms with Gasteiger partial charge in [-0.25, -0.2) is 9.98 Å². The summed E-state index contributed by atoms with van der Waals surface area (Å²) >= 11 is 0. The van der Waals surface area contributed by atoms with Gasteiger partial charge in [0.15, 0.2) is 5.84 Å². The molecule has 0 bridgehead atoms. The van der Waals surface area contributed by atoms with Gasteiger partial charge in [-0.1, -0.05) is 20.4 Å². The predicted molar refractivity (Wildman–Crippen MR) is 96.9 cm³/mol. The van der Waals surface area contributed by atoms with Crippen molar-refractivity contribution >= 4 is 12.6 Å². The zero-order chi connectivity index (χ0) is 16.8. The van der Waals surface area contributed by atoms with Crippen LogP contribution in [-0.2, 0) is 0 Å². The number of aliphatic imine (C=N–C) groups is 2. The van der Waals surface area contributed by atoms with E-state index in [-0.39, 0.29) is 0 Å². The first-order chi connectivity index (χ1) is 10.3. The molecule has 1 aliphatic rings. The lowest BCUT2D eigenvalue weighted by Crippen LogP contribution is -2.33. The monoisotopic (exact) mass is 300 g/mol. The topological polar surface area (TPSA) is 62.8 Å². The quantitative estimate of drug-likeness (QED) is 0.447. The maximum atomic E-state index is 6.18. The highest BCUT2D eigenvalue weighted by molar-refractivity contribution is 5.95. The molecule has 22 heavy (non-hydrogen) atoms. The summed E-state index contributed by atoms with van der Waals surface area (Å²) in [5.74, 6) is 1.05. The number of nitrogens with two attached hydrogens (primary N) is 1. The van der Waals surface area contributed by atoms with Gasteiger partial charge < -0.3 is 11.1 Å². The van der Waals surface area contributed by atoms with Crippen LogP contribution in [0.25, 0.3) is 0 Å². The molecule has 0 saturated heterocycles. The van der Waals surface area contributed by atoms with Crippen LogP contribution in [0.5, 0.6) is 0 Å². The number of nitrogens with zero attached hydrogens (tertiary/aromatic N) is 2. The van der Waals surface area contributed by atoms with Gasteiger partial charge in [-0.05, 0) is 67.3 Å². The molecule has 0 aromatic carbocycles. The van der Waals surface area contributed by atoms with Crippen LogP contribution in [0.2, 0.25) is 0 Å². The Morgan fingerprint density at radius 2 is 2.00 bits per heavy atom. The van der Waals surface area contributed by atoms with Crippen molar-refractivity contribution < 1.29 is 0 Å². The highest BCUT2D eigenvalue weighted by Crippen LogP contribution is 2.48. The van der Waals surface area contributed by atoms with Gasteiger partial charge in [0.1, 0.15) is 0 Å². The first-order valence-corrected chi connectivity index (χ1v) is 7.51. The normalized spacial score (nSPS) is 20.4. The molecular weight excluding hydrogens is 272 g/mol. The summed E-state index contributed by atoms with van der Waals surface area (Å²) in [6, 6.07) is 0. The van der Waals surface area contributed by atoms with E-state index in [4.69, 9.17) is 5.73 Å². The van der Waals surface area contributed by atoms with Crippen molar-refractivity contribution in [2.45, 2.75) is 33.6 Å². The predicted octanol–water partition coefficient (Wildman–Crippen LogP) is 3.56. The number of allylic oxidation sites excluding steroid dienone is 3. The SMILES string of the molecule is C=C/C(N=C)=N/C=C(C)/C(N)=C/C(=C\NC)C1CC(C)(C)C1. The standard InChI is InChI=1S/C18H28N4/c1-7-17(21-6)22-11-13(2)16(19)8-14(12-20-5)15-9-18(3,4)10-15/h7-8,11-12,15,20H,1,6,9-10,19H2,2-5H3/b13-11+,14-12+,16-8-,22-17-. The molecule has 0 aromatic heterocycles. The van der Waals surface area contributed by atoms with Gasteiger partial charge in [0, 0.05) is 18.9 Å². The van der Waals surface area contributed by atoms with Gasteiger partial charge in [0.2, 0.25) is 0 Å². The fraction of sp³-hybridized carbons (Fsp3) is 0.444. The molecule has 1 saturated carbocycles. The zero-order valence-corrected chi connectivity index (χ0v) is 14.2. The average Bonchev–Trinajstić information content (AvgIpc) is 2.44. The molecule has 4 heteroatoms. The zero-order valence-electron chi connectivity index (χ0n) is 14.2. The molecule has 0 spiro atoms. The molecule has 0 radical (unpaired) electrons. The van der Waals surface area contributed by atoms with Crippen molar-refractivity contribution in [3.8, 4) is 0 Å². The van der Waals surface area contributed by atoms with Crippen LogP contribution >= 0.6 is 0 Å². The first kappa shape index (κ1) is 18.0. The van der Waals surface area contributed by atoms with E-state index in [9.17, 15) is 0 Å². The van der Waals surface area contributed by atoms with E-state index >= 15 is 0 Å². The minimum atomic E-state index is 0.434. The fourth-order valence-corrected chi connectivity index (χ4v) is 2.64. The maximum absolute atomic E-state index is 6.18. The number of hydrogen-bond acceptors (Lipinski definition) is 3. The first-order valence-electron chi connectivity index (χ1n) is 7.51. The lowest BCUT2D eigenvalue weighted by atomic mass is 9.62. The maximum Gasteiger partial charge on any atom is 0.150 e. The second-order valence-corrected chi connectivity index (χ2v) is 6.46. The van der Waals surface area contributed by atoms with E-state index in [0.29, 0.717) is 22.9 Å². The highest BCUT2D eigenvalue weighted by Gasteiger charge is 2.37. The summed E-state index contributed by atoms with van der Waals surface area (Å²) < 4.78 is 0.